The molecule has 0 spiro atoms. The van der Waals surface area contributed by atoms with Crippen molar-refractivity contribution in [3.8, 4) is 0 Å². The molecule has 0 saturated carbocycles. The number of aliphatic hydroxyl groups is 2. The molecular formula is C48H99NO4. The van der Waals surface area contributed by atoms with E-state index in [1.54, 1.807) is 0 Å². The molecule has 0 aliphatic rings. The molecule has 0 bridgehead atoms. The molecule has 0 aromatic carbocycles. The van der Waals surface area contributed by atoms with Gasteiger partial charge in [-0.1, -0.05) is 233 Å². The predicted molar refractivity (Wildman–Crippen MR) is 233 cm³/mol. The smallest absolute Gasteiger partial charge is 0.0900 e. The summed E-state index contributed by atoms with van der Waals surface area (Å²) in [5.41, 5.74) is 0. The molecule has 0 aromatic heterocycles. The fourth-order valence-electron chi connectivity index (χ4n) is 7.66. The van der Waals surface area contributed by atoms with E-state index >= 15 is 0 Å². The Kier molecular flexibility index (Phi) is 46.0. The molecule has 0 aliphatic carbocycles. The van der Waals surface area contributed by atoms with E-state index in [9.17, 15) is 10.2 Å². The van der Waals surface area contributed by atoms with E-state index in [0.29, 0.717) is 26.3 Å². The van der Waals surface area contributed by atoms with E-state index in [1.165, 1.54) is 212 Å². The summed E-state index contributed by atoms with van der Waals surface area (Å²) >= 11 is 0. The third-order valence-corrected chi connectivity index (χ3v) is 11.2. The number of aliphatic hydroxyl groups excluding tert-OH is 2. The molecule has 2 unspecified atom stereocenters. The van der Waals surface area contributed by atoms with Crippen LogP contribution in [0, 0.1) is 0 Å². The van der Waals surface area contributed by atoms with Crippen molar-refractivity contribution in [2.45, 2.75) is 264 Å². The molecule has 0 aromatic rings. The second-order valence-electron chi connectivity index (χ2n) is 16.9. The Balaban J connectivity index is 4.18. The molecule has 0 heterocycles. The quantitative estimate of drug-likeness (QED) is 0.0606. The number of hydrogen-bond donors (Lipinski definition) is 2. The van der Waals surface area contributed by atoms with Crippen molar-refractivity contribution in [3.63, 3.8) is 0 Å². The first-order chi connectivity index (χ1) is 26.1. The number of ether oxygens (including phenoxy) is 2. The number of nitrogens with zero attached hydrogens (tertiary/aromatic N) is 1. The number of hydrogen-bond acceptors (Lipinski definition) is 5. The summed E-state index contributed by atoms with van der Waals surface area (Å²) in [6.45, 7) is 11.1. The fourth-order valence-corrected chi connectivity index (χ4v) is 7.66. The van der Waals surface area contributed by atoms with Gasteiger partial charge in [0.1, 0.15) is 0 Å². The lowest BCUT2D eigenvalue weighted by Gasteiger charge is -2.27. The normalized spacial score (nSPS) is 13.0. The number of unbranched alkanes of at least 4 members (excludes halogenated alkanes) is 33. The predicted octanol–water partition coefficient (Wildman–Crippen LogP) is 14.1. The lowest BCUT2D eigenvalue weighted by Crippen LogP contribution is -2.41. The van der Waals surface area contributed by atoms with Crippen LogP contribution in [-0.4, -0.2) is 73.4 Å². The van der Waals surface area contributed by atoms with Crippen LogP contribution in [0.2, 0.25) is 0 Å². The zero-order valence-electron chi connectivity index (χ0n) is 36.7. The molecule has 53 heavy (non-hydrogen) atoms. The second-order valence-corrected chi connectivity index (χ2v) is 16.9. The van der Waals surface area contributed by atoms with E-state index in [2.05, 4.69) is 25.7 Å². The van der Waals surface area contributed by atoms with Crippen molar-refractivity contribution in [1.82, 2.24) is 4.90 Å². The van der Waals surface area contributed by atoms with Gasteiger partial charge in [-0.15, -0.1) is 0 Å². The van der Waals surface area contributed by atoms with Gasteiger partial charge in [-0.3, -0.25) is 4.90 Å². The van der Waals surface area contributed by atoms with Gasteiger partial charge in [0.05, 0.1) is 25.4 Å². The molecule has 0 aliphatic heterocycles. The van der Waals surface area contributed by atoms with E-state index in [-0.39, 0.29) is 0 Å². The van der Waals surface area contributed by atoms with Crippen LogP contribution in [0.4, 0.5) is 0 Å². The fraction of sp³-hybridized carbons (Fsp3) is 1.00. The molecule has 0 rings (SSSR count). The van der Waals surface area contributed by atoms with Crippen LogP contribution < -0.4 is 0 Å². The van der Waals surface area contributed by atoms with Crippen LogP contribution in [0.15, 0.2) is 0 Å². The summed E-state index contributed by atoms with van der Waals surface area (Å²) in [6, 6.07) is 0. The Hall–Kier alpha value is -0.200. The van der Waals surface area contributed by atoms with Gasteiger partial charge in [0.25, 0.3) is 0 Å². The second kappa shape index (κ2) is 46.2. The van der Waals surface area contributed by atoms with Crippen LogP contribution in [0.5, 0.6) is 0 Å². The minimum absolute atomic E-state index is 0.387. The Morgan fingerprint density at radius 2 is 0.547 bits per heavy atom. The lowest BCUT2D eigenvalue weighted by molar-refractivity contribution is -0.0113. The minimum Gasteiger partial charge on any atom is -0.389 e. The largest absolute Gasteiger partial charge is 0.389 e. The average Bonchev–Trinajstić information content (AvgIpc) is 3.15. The van der Waals surface area contributed by atoms with Gasteiger partial charge >= 0.3 is 0 Å². The lowest BCUT2D eigenvalue weighted by atomic mass is 10.0. The summed E-state index contributed by atoms with van der Waals surface area (Å²) in [5.74, 6) is 0. The third kappa shape index (κ3) is 44.4. The highest BCUT2D eigenvalue weighted by atomic mass is 16.5. The van der Waals surface area contributed by atoms with Gasteiger partial charge in [-0.2, -0.15) is 0 Å². The SMILES string of the molecule is CCCCCCCCCCCCCCCCCCN(CC(O)COCCCCCCCCCCCC)CC(O)COCCCCCCCCCCCC. The summed E-state index contributed by atoms with van der Waals surface area (Å²) in [7, 11) is 0. The van der Waals surface area contributed by atoms with Crippen molar-refractivity contribution in [2.24, 2.45) is 0 Å². The molecule has 0 fully saturated rings. The summed E-state index contributed by atoms with van der Waals surface area (Å²) in [6.07, 6.45) is 47.3. The minimum atomic E-state index is -0.515. The van der Waals surface area contributed by atoms with E-state index in [1.807, 2.05) is 0 Å². The molecule has 0 radical (unpaired) electrons. The average molecular weight is 754 g/mol. The topological polar surface area (TPSA) is 62.2 Å². The Morgan fingerprint density at radius 3 is 0.811 bits per heavy atom. The van der Waals surface area contributed by atoms with Crippen molar-refractivity contribution < 1.29 is 19.7 Å². The number of rotatable bonds is 47. The third-order valence-electron chi connectivity index (χ3n) is 11.2. The first-order valence-corrected chi connectivity index (χ1v) is 24.4. The Bertz CT molecular complexity index is 613. The standard InChI is InChI=1S/C48H99NO4/c1-4-7-10-13-16-19-22-23-24-25-26-27-28-31-34-37-40-49(43-47(50)45-52-41-38-35-32-29-20-17-14-11-8-5-2)44-48(51)46-53-42-39-36-33-30-21-18-15-12-9-6-3/h47-48,50-51H,4-46H2,1-3H3. The highest BCUT2D eigenvalue weighted by Crippen LogP contribution is 2.15. The Morgan fingerprint density at radius 1 is 0.321 bits per heavy atom. The van der Waals surface area contributed by atoms with Crippen LogP contribution in [0.1, 0.15) is 252 Å². The Labute approximate surface area is 333 Å². The maximum atomic E-state index is 10.8. The zero-order valence-corrected chi connectivity index (χ0v) is 36.7. The van der Waals surface area contributed by atoms with E-state index in [0.717, 1.165) is 39.0 Å². The van der Waals surface area contributed by atoms with Crippen LogP contribution >= 0.6 is 0 Å². The molecule has 5 nitrogen and oxygen atoms in total. The van der Waals surface area contributed by atoms with Gasteiger partial charge in [-0.05, 0) is 25.8 Å². The molecule has 5 heteroatoms. The highest BCUT2D eigenvalue weighted by molar-refractivity contribution is 4.69. The van der Waals surface area contributed by atoms with E-state index in [4.69, 9.17) is 9.47 Å². The first-order valence-electron chi connectivity index (χ1n) is 24.4. The zero-order chi connectivity index (χ0) is 38.6. The monoisotopic (exact) mass is 754 g/mol. The van der Waals surface area contributed by atoms with Crippen molar-refractivity contribution in [1.29, 1.82) is 0 Å². The maximum absolute atomic E-state index is 10.8. The molecule has 0 saturated heterocycles. The molecule has 320 valence electrons. The molecule has 2 atom stereocenters. The highest BCUT2D eigenvalue weighted by Gasteiger charge is 2.16. The van der Waals surface area contributed by atoms with Crippen molar-refractivity contribution in [3.05, 3.63) is 0 Å². The summed E-state index contributed by atoms with van der Waals surface area (Å²) in [4.78, 5) is 2.26. The summed E-state index contributed by atoms with van der Waals surface area (Å²) in [5, 5.41) is 21.7. The van der Waals surface area contributed by atoms with Gasteiger partial charge in [0.15, 0.2) is 0 Å². The van der Waals surface area contributed by atoms with Crippen LogP contribution in [0.25, 0.3) is 0 Å². The van der Waals surface area contributed by atoms with Crippen molar-refractivity contribution in [2.75, 3.05) is 46.1 Å². The molecule has 0 amide bonds. The van der Waals surface area contributed by atoms with Gasteiger partial charge in [0.2, 0.25) is 0 Å². The molecule has 2 N–H and O–H groups in total. The maximum Gasteiger partial charge on any atom is 0.0900 e. The van der Waals surface area contributed by atoms with Crippen LogP contribution in [0.3, 0.4) is 0 Å². The van der Waals surface area contributed by atoms with E-state index < -0.39 is 12.2 Å². The first kappa shape index (κ1) is 52.8. The van der Waals surface area contributed by atoms with Crippen LogP contribution in [-0.2, 0) is 9.47 Å². The summed E-state index contributed by atoms with van der Waals surface area (Å²) < 4.78 is 11.8. The van der Waals surface area contributed by atoms with Gasteiger partial charge < -0.3 is 19.7 Å². The van der Waals surface area contributed by atoms with Gasteiger partial charge in [-0.25, -0.2) is 0 Å². The van der Waals surface area contributed by atoms with Crippen molar-refractivity contribution >= 4 is 0 Å². The van der Waals surface area contributed by atoms with Gasteiger partial charge in [0, 0.05) is 26.3 Å². The molecular weight excluding hydrogens is 655 g/mol.